The van der Waals surface area contributed by atoms with Crippen molar-refractivity contribution in [2.24, 2.45) is 0 Å². The second-order valence-electron chi connectivity index (χ2n) is 5.95. The molecule has 0 saturated heterocycles. The Kier molecular flexibility index (Phi) is 8.26. The number of carbonyl (C=O) groups excluding carboxylic acids is 2. The van der Waals surface area contributed by atoms with Crippen LogP contribution < -0.4 is 21.5 Å². The van der Waals surface area contributed by atoms with Crippen LogP contribution in [0, 0.1) is 11.3 Å². The summed E-state index contributed by atoms with van der Waals surface area (Å²) in [4.78, 5) is 53.6. The van der Waals surface area contributed by atoms with Crippen LogP contribution in [0.2, 0.25) is 10.0 Å². The number of hydrogen-bond donors (Lipinski definition) is 1. The molecular weight excluding hydrogens is 465 g/mol. The van der Waals surface area contributed by atoms with E-state index in [9.17, 15) is 14.4 Å². The molecule has 0 atom stereocenters. The standard InChI is InChI=1S/C18H13Cl2N5O4.CO2/c1-2-5-24-9-11(3-4-15(24)26)29-16-12(19)6-10(7-13(16)20)25-18(28)22-17(27)14(8-21)23-25;2-1-3/h3-4,6-7,9H,2,5H2,1H3,(H,22,27,28);. The Morgan fingerprint density at radius 2 is 1.78 bits per heavy atom. The maximum absolute atomic E-state index is 12.0. The van der Waals surface area contributed by atoms with Crippen LogP contribution in [0.25, 0.3) is 5.69 Å². The van der Waals surface area contributed by atoms with Gasteiger partial charge in [0.05, 0.1) is 15.7 Å². The zero-order valence-electron chi connectivity index (χ0n) is 16.3. The molecule has 1 aromatic carbocycles. The van der Waals surface area contributed by atoms with Gasteiger partial charge >= 0.3 is 11.8 Å². The van der Waals surface area contributed by atoms with Crippen LogP contribution in [0.1, 0.15) is 19.0 Å². The zero-order valence-corrected chi connectivity index (χ0v) is 17.8. The topological polar surface area (TPSA) is 157 Å². The highest BCUT2D eigenvalue weighted by atomic mass is 35.5. The summed E-state index contributed by atoms with van der Waals surface area (Å²) in [5.41, 5.74) is -2.28. The molecule has 0 aliphatic carbocycles. The van der Waals surface area contributed by atoms with Gasteiger partial charge in [-0.3, -0.25) is 14.6 Å². The number of hydrogen-bond acceptors (Lipinski definition) is 8. The minimum atomic E-state index is -0.895. The Balaban J connectivity index is 0.00000114. The molecule has 1 N–H and O–H groups in total. The Morgan fingerprint density at radius 1 is 1.16 bits per heavy atom. The van der Waals surface area contributed by atoms with E-state index >= 15 is 0 Å². The van der Waals surface area contributed by atoms with Crippen molar-refractivity contribution in [1.29, 1.82) is 5.26 Å². The Morgan fingerprint density at radius 3 is 2.34 bits per heavy atom. The number of nitrogens with zero attached hydrogens (tertiary/aromatic N) is 4. The minimum absolute atomic E-state index is 0.0548. The van der Waals surface area contributed by atoms with Gasteiger partial charge < -0.3 is 9.30 Å². The van der Waals surface area contributed by atoms with E-state index in [-0.39, 0.29) is 33.2 Å². The van der Waals surface area contributed by atoms with Gasteiger partial charge in [0, 0.05) is 18.8 Å². The lowest BCUT2D eigenvalue weighted by molar-refractivity contribution is -0.191. The van der Waals surface area contributed by atoms with E-state index in [4.69, 9.17) is 42.8 Å². The summed E-state index contributed by atoms with van der Waals surface area (Å²) in [6, 6.07) is 7.14. The molecule has 0 unspecified atom stereocenters. The average Bonchev–Trinajstić information content (AvgIpc) is 2.73. The summed E-state index contributed by atoms with van der Waals surface area (Å²) in [7, 11) is 0. The van der Waals surface area contributed by atoms with Gasteiger partial charge in [-0.1, -0.05) is 30.1 Å². The molecule has 3 aromatic rings. The Labute approximate surface area is 189 Å². The molecule has 3 rings (SSSR count). The molecule has 0 fully saturated rings. The summed E-state index contributed by atoms with van der Waals surface area (Å²) >= 11 is 12.5. The van der Waals surface area contributed by atoms with Gasteiger partial charge in [0.1, 0.15) is 11.8 Å². The molecule has 0 radical (unpaired) electrons. The van der Waals surface area contributed by atoms with Crippen LogP contribution in [-0.2, 0) is 16.1 Å². The fourth-order valence-corrected chi connectivity index (χ4v) is 3.07. The molecule has 0 aliphatic heterocycles. The molecule has 2 aromatic heterocycles. The zero-order chi connectivity index (χ0) is 23.8. The number of ether oxygens (including phenoxy) is 1. The van der Waals surface area contributed by atoms with Crippen LogP contribution in [-0.4, -0.2) is 25.5 Å². The summed E-state index contributed by atoms with van der Waals surface area (Å²) < 4.78 is 8.02. The average molecular weight is 478 g/mol. The molecule has 0 amide bonds. The molecule has 2 heterocycles. The maximum atomic E-state index is 12.0. The minimum Gasteiger partial charge on any atom is -0.453 e. The van der Waals surface area contributed by atoms with E-state index in [2.05, 4.69) is 5.10 Å². The third-order valence-corrected chi connectivity index (χ3v) is 4.36. The van der Waals surface area contributed by atoms with E-state index < -0.39 is 16.9 Å². The SMILES string of the molecule is CCCn1cc(Oc2c(Cl)cc(-n3nc(C#N)c(=O)[nH]c3=O)cc2Cl)ccc1=O.O=C=O. The first-order chi connectivity index (χ1) is 15.2. The number of benzene rings is 1. The van der Waals surface area contributed by atoms with Crippen molar-refractivity contribution >= 4 is 29.4 Å². The number of aromatic nitrogens is 4. The molecule has 0 bridgehead atoms. The number of nitriles is 1. The summed E-state index contributed by atoms with van der Waals surface area (Å²) in [5, 5.41) is 12.7. The third kappa shape index (κ3) is 5.59. The molecule has 164 valence electrons. The van der Waals surface area contributed by atoms with Crippen LogP contribution in [0.4, 0.5) is 0 Å². The number of H-pyrrole nitrogens is 1. The van der Waals surface area contributed by atoms with Crippen molar-refractivity contribution in [2.75, 3.05) is 0 Å². The van der Waals surface area contributed by atoms with E-state index in [1.165, 1.54) is 28.8 Å². The van der Waals surface area contributed by atoms with E-state index in [1.807, 2.05) is 11.9 Å². The lowest BCUT2D eigenvalue weighted by Gasteiger charge is -2.13. The largest absolute Gasteiger partial charge is 0.453 e. The number of nitrogens with one attached hydrogen (secondary N) is 1. The third-order valence-electron chi connectivity index (χ3n) is 3.80. The van der Waals surface area contributed by atoms with Gasteiger partial charge in [-0.05, 0) is 24.6 Å². The smallest absolute Gasteiger partial charge is 0.373 e. The van der Waals surface area contributed by atoms with Crippen LogP contribution in [0.3, 0.4) is 0 Å². The second-order valence-corrected chi connectivity index (χ2v) is 6.77. The van der Waals surface area contributed by atoms with Gasteiger partial charge in [0.2, 0.25) is 5.69 Å². The maximum Gasteiger partial charge on any atom is 0.373 e. The molecule has 11 nitrogen and oxygen atoms in total. The van der Waals surface area contributed by atoms with Crippen LogP contribution in [0.5, 0.6) is 11.5 Å². The first-order valence-electron chi connectivity index (χ1n) is 8.76. The van der Waals surface area contributed by atoms with Crippen molar-refractivity contribution in [3.63, 3.8) is 0 Å². The van der Waals surface area contributed by atoms with Crippen LogP contribution >= 0.6 is 23.2 Å². The molecular formula is C19H13Cl2N5O6. The van der Waals surface area contributed by atoms with Crippen molar-refractivity contribution < 1.29 is 14.3 Å². The van der Waals surface area contributed by atoms with Crippen molar-refractivity contribution in [3.05, 3.63) is 77.4 Å². The monoisotopic (exact) mass is 477 g/mol. The van der Waals surface area contributed by atoms with Crippen molar-refractivity contribution in [1.82, 2.24) is 19.3 Å². The first-order valence-corrected chi connectivity index (χ1v) is 9.52. The predicted octanol–water partition coefficient (Wildman–Crippen LogP) is 1.88. The molecule has 0 aliphatic rings. The highest BCUT2D eigenvalue weighted by molar-refractivity contribution is 6.37. The van der Waals surface area contributed by atoms with E-state index in [0.29, 0.717) is 12.3 Å². The molecule has 0 saturated carbocycles. The van der Waals surface area contributed by atoms with Crippen molar-refractivity contribution in [2.45, 2.75) is 19.9 Å². The summed E-state index contributed by atoms with van der Waals surface area (Å²) in [6.45, 7) is 2.47. The van der Waals surface area contributed by atoms with E-state index in [1.54, 1.807) is 12.3 Å². The number of rotatable bonds is 5. The summed E-state index contributed by atoms with van der Waals surface area (Å²) in [6.07, 6.45) is 2.56. The Hall–Kier alpha value is -3.97. The lowest BCUT2D eigenvalue weighted by atomic mass is 10.3. The lowest BCUT2D eigenvalue weighted by Crippen LogP contribution is -2.33. The number of pyridine rings is 1. The van der Waals surface area contributed by atoms with Gasteiger partial charge in [-0.25, -0.2) is 4.79 Å². The second kappa shape index (κ2) is 10.9. The number of aryl methyl sites for hydroxylation is 1. The summed E-state index contributed by atoms with van der Waals surface area (Å²) in [5.74, 6) is 0.456. The number of halogens is 2. The first kappa shape index (κ1) is 24.3. The fourth-order valence-electron chi connectivity index (χ4n) is 2.52. The van der Waals surface area contributed by atoms with Crippen LogP contribution in [0.15, 0.2) is 44.8 Å². The number of aromatic amines is 1. The highest BCUT2D eigenvalue weighted by Gasteiger charge is 2.15. The van der Waals surface area contributed by atoms with Crippen molar-refractivity contribution in [3.8, 4) is 23.3 Å². The van der Waals surface area contributed by atoms with Gasteiger partial charge in [0.15, 0.2) is 5.75 Å². The normalized spacial score (nSPS) is 9.81. The molecule has 13 heteroatoms. The predicted molar refractivity (Wildman–Crippen MR) is 111 cm³/mol. The van der Waals surface area contributed by atoms with Gasteiger partial charge in [0.25, 0.3) is 11.1 Å². The van der Waals surface area contributed by atoms with E-state index in [0.717, 1.165) is 11.1 Å². The van der Waals surface area contributed by atoms with Gasteiger partial charge in [-0.2, -0.15) is 19.5 Å². The molecule has 32 heavy (non-hydrogen) atoms. The fraction of sp³-hybridized carbons (Fsp3) is 0.158. The quantitative estimate of drug-likeness (QED) is 0.583. The Bertz CT molecular complexity index is 1370. The highest BCUT2D eigenvalue weighted by Crippen LogP contribution is 2.37. The van der Waals surface area contributed by atoms with Gasteiger partial charge in [-0.15, -0.1) is 5.10 Å². The molecule has 0 spiro atoms.